The van der Waals surface area contributed by atoms with Gasteiger partial charge in [0.2, 0.25) is 0 Å². The van der Waals surface area contributed by atoms with Gasteiger partial charge in [0.15, 0.2) is 6.23 Å². The monoisotopic (exact) mass is 372 g/mol. The van der Waals surface area contributed by atoms with Gasteiger partial charge in [0.25, 0.3) is 0 Å². The summed E-state index contributed by atoms with van der Waals surface area (Å²) in [6.07, 6.45) is -2.73. The highest BCUT2D eigenvalue weighted by molar-refractivity contribution is 7.46. The van der Waals surface area contributed by atoms with Gasteiger partial charge in [0.05, 0.1) is 24.0 Å². The average molecular weight is 372 g/mol. The molecule has 25 heavy (non-hydrogen) atoms. The molecule has 3 rings (SSSR count). The predicted molar refractivity (Wildman–Crippen MR) is 87.9 cm³/mol. The van der Waals surface area contributed by atoms with Crippen molar-refractivity contribution in [3.05, 3.63) is 29.6 Å². The molecule has 0 radical (unpaired) electrons. The van der Waals surface area contributed by atoms with Crippen LogP contribution in [-0.2, 0) is 18.6 Å². The molecule has 1 fully saturated rings. The van der Waals surface area contributed by atoms with E-state index in [0.29, 0.717) is 0 Å². The number of phosphoric acid groups is 1. The van der Waals surface area contributed by atoms with Crippen LogP contribution in [0.3, 0.4) is 0 Å². The van der Waals surface area contributed by atoms with E-state index in [9.17, 15) is 9.67 Å². The summed E-state index contributed by atoms with van der Waals surface area (Å²) in [6.45, 7) is 3.96. The highest BCUT2D eigenvalue weighted by Crippen LogP contribution is 2.44. The Kier molecular flexibility index (Phi) is 5.00. The maximum Gasteiger partial charge on any atom is 0.470 e. The highest BCUT2D eigenvalue weighted by atomic mass is 31.2. The maximum atomic E-state index is 11.2. The Balaban J connectivity index is 1.97. The number of phosphoric ester groups is 1. The number of nitrogens with zero attached hydrogens (tertiary/aromatic N) is 2. The first-order valence-electron chi connectivity index (χ1n) is 7.71. The van der Waals surface area contributed by atoms with Crippen LogP contribution >= 0.6 is 7.82 Å². The summed E-state index contributed by atoms with van der Waals surface area (Å²) in [5.41, 5.74) is 3.63. The fourth-order valence-electron chi connectivity index (χ4n) is 3.02. The Morgan fingerprint density at radius 3 is 2.64 bits per heavy atom. The zero-order chi connectivity index (χ0) is 18.4. The van der Waals surface area contributed by atoms with Gasteiger partial charge < -0.3 is 28.9 Å². The van der Waals surface area contributed by atoms with E-state index < -0.39 is 32.4 Å². The van der Waals surface area contributed by atoms with Crippen molar-refractivity contribution in [2.45, 2.75) is 38.4 Å². The second-order valence-corrected chi connectivity index (χ2v) is 7.34. The number of ether oxygens (including phenoxy) is 2. The molecule has 2 heterocycles. The average Bonchev–Trinajstić information content (AvgIpc) is 3.02. The lowest BCUT2D eigenvalue weighted by Crippen LogP contribution is -2.35. The highest BCUT2D eigenvalue weighted by Gasteiger charge is 2.48. The van der Waals surface area contributed by atoms with E-state index in [2.05, 4.69) is 4.98 Å². The molecule has 9 nitrogen and oxygen atoms in total. The van der Waals surface area contributed by atoms with E-state index in [1.165, 1.54) is 13.4 Å². The van der Waals surface area contributed by atoms with Crippen LogP contribution in [-0.4, -0.2) is 56.5 Å². The number of aliphatic hydroxyl groups is 1. The SMILES string of the molecule is COCC1OC(n2cnc3cc(C)c(C)cc32)C(O)C1OP(=O)(O)O. The van der Waals surface area contributed by atoms with Gasteiger partial charge in [-0.3, -0.25) is 4.52 Å². The van der Waals surface area contributed by atoms with Crippen molar-refractivity contribution in [3.8, 4) is 0 Å². The Bertz CT molecular complexity index is 818. The molecule has 1 aliphatic heterocycles. The smallest absolute Gasteiger partial charge is 0.386 e. The van der Waals surface area contributed by atoms with Gasteiger partial charge in [-0.2, -0.15) is 0 Å². The largest absolute Gasteiger partial charge is 0.470 e. The fourth-order valence-corrected chi connectivity index (χ4v) is 3.60. The summed E-state index contributed by atoms with van der Waals surface area (Å²) in [5.74, 6) is 0. The molecular formula is C15H21N2O7P. The Morgan fingerprint density at radius 1 is 1.32 bits per heavy atom. The van der Waals surface area contributed by atoms with Crippen molar-refractivity contribution < 1.29 is 33.5 Å². The molecule has 0 amide bonds. The lowest BCUT2D eigenvalue weighted by Gasteiger charge is -2.20. The van der Waals surface area contributed by atoms with Crippen LogP contribution in [0.2, 0.25) is 0 Å². The number of imidazole rings is 1. The fraction of sp³-hybridized carbons (Fsp3) is 0.533. The van der Waals surface area contributed by atoms with Crippen molar-refractivity contribution >= 4 is 18.9 Å². The van der Waals surface area contributed by atoms with E-state index in [-0.39, 0.29) is 6.61 Å². The Labute approximate surface area is 144 Å². The van der Waals surface area contributed by atoms with Crippen molar-refractivity contribution in [2.75, 3.05) is 13.7 Å². The number of aromatic nitrogens is 2. The van der Waals surface area contributed by atoms with Gasteiger partial charge in [-0.15, -0.1) is 0 Å². The van der Waals surface area contributed by atoms with Crippen LogP contribution in [0.25, 0.3) is 11.0 Å². The summed E-state index contributed by atoms with van der Waals surface area (Å²) in [5, 5.41) is 10.6. The Morgan fingerprint density at radius 2 is 2.00 bits per heavy atom. The minimum atomic E-state index is -4.80. The minimum absolute atomic E-state index is 0.0169. The van der Waals surface area contributed by atoms with Gasteiger partial charge >= 0.3 is 7.82 Å². The molecule has 3 N–H and O–H groups in total. The third-order valence-corrected chi connectivity index (χ3v) is 4.88. The molecule has 0 saturated carbocycles. The van der Waals surface area contributed by atoms with Crippen LogP contribution in [0.1, 0.15) is 17.4 Å². The second kappa shape index (κ2) is 6.77. The lowest BCUT2D eigenvalue weighted by atomic mass is 10.1. The van der Waals surface area contributed by atoms with Gasteiger partial charge in [-0.25, -0.2) is 9.55 Å². The molecule has 1 aromatic carbocycles. The molecule has 4 unspecified atom stereocenters. The molecule has 10 heteroatoms. The van der Waals surface area contributed by atoms with Crippen molar-refractivity contribution in [2.24, 2.45) is 0 Å². The quantitative estimate of drug-likeness (QED) is 0.665. The van der Waals surface area contributed by atoms with Crippen LogP contribution in [0, 0.1) is 13.8 Å². The van der Waals surface area contributed by atoms with Gasteiger partial charge in [0.1, 0.15) is 18.3 Å². The number of aliphatic hydroxyl groups excluding tert-OH is 1. The van der Waals surface area contributed by atoms with E-state index in [1.807, 2.05) is 26.0 Å². The van der Waals surface area contributed by atoms with Crippen molar-refractivity contribution in [3.63, 3.8) is 0 Å². The summed E-state index contributed by atoms with van der Waals surface area (Å²) in [4.78, 5) is 22.5. The summed E-state index contributed by atoms with van der Waals surface area (Å²) >= 11 is 0. The molecule has 1 aliphatic rings. The van der Waals surface area contributed by atoms with E-state index in [4.69, 9.17) is 23.8 Å². The van der Waals surface area contributed by atoms with Crippen LogP contribution in [0.5, 0.6) is 0 Å². The third kappa shape index (κ3) is 3.63. The Hall–Kier alpha value is -1.32. The number of methoxy groups -OCH3 is 1. The molecule has 0 aliphatic carbocycles. The van der Waals surface area contributed by atoms with Crippen LogP contribution in [0.4, 0.5) is 0 Å². The van der Waals surface area contributed by atoms with Gasteiger partial charge in [-0.05, 0) is 37.1 Å². The number of hydrogen-bond acceptors (Lipinski definition) is 6. The first-order chi connectivity index (χ1) is 11.7. The van der Waals surface area contributed by atoms with E-state index >= 15 is 0 Å². The third-order valence-electron chi connectivity index (χ3n) is 4.36. The number of rotatable bonds is 5. The number of hydrogen-bond donors (Lipinski definition) is 3. The molecule has 2 aromatic rings. The summed E-state index contributed by atoms with van der Waals surface area (Å²) in [7, 11) is -3.37. The molecular weight excluding hydrogens is 351 g/mol. The van der Waals surface area contributed by atoms with Crippen molar-refractivity contribution in [1.29, 1.82) is 0 Å². The van der Waals surface area contributed by atoms with E-state index in [0.717, 1.165) is 22.2 Å². The minimum Gasteiger partial charge on any atom is -0.386 e. The van der Waals surface area contributed by atoms with Crippen LogP contribution < -0.4 is 0 Å². The zero-order valence-corrected chi connectivity index (χ0v) is 15.0. The first-order valence-corrected chi connectivity index (χ1v) is 9.24. The molecule has 0 bridgehead atoms. The van der Waals surface area contributed by atoms with Crippen molar-refractivity contribution in [1.82, 2.24) is 9.55 Å². The number of benzene rings is 1. The molecule has 1 saturated heterocycles. The maximum absolute atomic E-state index is 11.2. The molecule has 4 atom stereocenters. The van der Waals surface area contributed by atoms with Gasteiger partial charge in [0, 0.05) is 7.11 Å². The number of fused-ring (bicyclic) bond motifs is 1. The van der Waals surface area contributed by atoms with Gasteiger partial charge in [-0.1, -0.05) is 0 Å². The first kappa shape index (κ1) is 18.5. The summed E-state index contributed by atoms with van der Waals surface area (Å²) in [6, 6.07) is 3.86. The normalized spacial score (nSPS) is 27.3. The molecule has 138 valence electrons. The molecule has 0 spiro atoms. The topological polar surface area (TPSA) is 123 Å². The molecule has 1 aromatic heterocycles. The standard InChI is InChI=1S/C15H21N2O7P/c1-8-4-10-11(5-9(8)2)17(7-16-10)15-13(18)14(24-25(19,20)21)12(23-15)6-22-3/h4-5,7,12-15,18H,6H2,1-3H3,(H2,19,20,21). The van der Waals surface area contributed by atoms with E-state index in [1.54, 1.807) is 4.57 Å². The number of aryl methyl sites for hydroxylation is 2. The summed E-state index contributed by atoms with van der Waals surface area (Å²) < 4.78 is 28.4. The zero-order valence-electron chi connectivity index (χ0n) is 14.1. The lowest BCUT2D eigenvalue weighted by molar-refractivity contribution is -0.0575. The predicted octanol–water partition coefficient (Wildman–Crippen LogP) is 1.04. The van der Waals surface area contributed by atoms with Crippen LogP contribution in [0.15, 0.2) is 18.5 Å². The second-order valence-electron chi connectivity index (χ2n) is 6.15.